The summed E-state index contributed by atoms with van der Waals surface area (Å²) in [6.45, 7) is 0.0280. The molecule has 1 amide bonds. The van der Waals surface area contributed by atoms with Gasteiger partial charge in [-0.15, -0.1) is 22.9 Å². The lowest BCUT2D eigenvalue weighted by Crippen LogP contribution is -2.33. The number of hydrogen-bond donors (Lipinski definition) is 1. The quantitative estimate of drug-likeness (QED) is 0.619. The van der Waals surface area contributed by atoms with Gasteiger partial charge >= 0.3 is 5.97 Å². The molecule has 17 heavy (non-hydrogen) atoms. The van der Waals surface area contributed by atoms with Crippen LogP contribution in [0.5, 0.6) is 0 Å². The van der Waals surface area contributed by atoms with Crippen molar-refractivity contribution in [2.24, 2.45) is 0 Å². The summed E-state index contributed by atoms with van der Waals surface area (Å²) in [6.07, 6.45) is 0. The number of carbonyl (C=O) groups excluding carboxylic acids is 2. The number of rotatable bonds is 4. The number of esters is 1. The summed E-state index contributed by atoms with van der Waals surface area (Å²) < 4.78 is 6.08. The molecule has 1 heterocycles. The molecule has 1 unspecified atom stereocenters. The van der Waals surface area contributed by atoms with Gasteiger partial charge < -0.3 is 10.1 Å². The highest BCUT2D eigenvalue weighted by Gasteiger charge is 2.18. The summed E-state index contributed by atoms with van der Waals surface area (Å²) in [5, 5.41) is 1.67. The number of nitrogens with one attached hydrogen (secondary N) is 1. The van der Waals surface area contributed by atoms with Gasteiger partial charge in [0.2, 0.25) is 0 Å². The lowest BCUT2D eigenvalue weighted by atomic mass is 10.4. The first-order valence-corrected chi connectivity index (χ1v) is 7.24. The maximum atomic E-state index is 11.7. The van der Waals surface area contributed by atoms with Gasteiger partial charge in [-0.3, -0.25) is 9.59 Å². The van der Waals surface area contributed by atoms with Crippen LogP contribution in [0.25, 0.3) is 0 Å². The third kappa shape index (κ3) is 4.24. The van der Waals surface area contributed by atoms with E-state index in [2.05, 4.69) is 41.9 Å². The van der Waals surface area contributed by atoms with Crippen molar-refractivity contribution in [2.45, 2.75) is 5.38 Å². The van der Waals surface area contributed by atoms with Gasteiger partial charge in [0.1, 0.15) is 5.38 Å². The number of carbonyl (C=O) groups is 2. The first kappa shape index (κ1) is 14.9. The number of hydrogen-bond acceptors (Lipinski definition) is 4. The Morgan fingerprint density at radius 3 is 2.71 bits per heavy atom. The van der Waals surface area contributed by atoms with Crippen LogP contribution in [0.1, 0.15) is 9.67 Å². The normalized spacial score (nSPS) is 12.0. The molecule has 0 aromatic carbocycles. The minimum atomic E-state index is -0.879. The molecule has 0 spiro atoms. The van der Waals surface area contributed by atoms with E-state index >= 15 is 0 Å². The third-order valence-corrected chi connectivity index (χ3v) is 5.36. The van der Waals surface area contributed by atoms with Crippen molar-refractivity contribution >= 4 is 66.7 Å². The van der Waals surface area contributed by atoms with Crippen molar-refractivity contribution in [2.75, 3.05) is 13.7 Å². The fourth-order valence-corrected chi connectivity index (χ4v) is 3.06. The molecule has 1 N–H and O–H groups in total. The van der Waals surface area contributed by atoms with Crippen molar-refractivity contribution in [3.63, 3.8) is 0 Å². The summed E-state index contributed by atoms with van der Waals surface area (Å²) in [5.41, 5.74) is 0. The Labute approximate surface area is 124 Å². The number of amides is 1. The molecule has 94 valence electrons. The molecule has 1 aromatic heterocycles. The van der Waals surface area contributed by atoms with Gasteiger partial charge in [0.15, 0.2) is 0 Å². The molecule has 1 aromatic rings. The second kappa shape index (κ2) is 6.72. The monoisotopic (exact) mass is 403 g/mol. The zero-order valence-corrected chi connectivity index (χ0v) is 13.4. The number of methoxy groups -OCH3 is 1. The van der Waals surface area contributed by atoms with Crippen molar-refractivity contribution < 1.29 is 14.3 Å². The molecule has 0 aliphatic heterocycles. The predicted octanol–water partition coefficient (Wildman–Crippen LogP) is 2.78. The standard InChI is InChI=1S/C9H8Br2ClNO3S/c1-16-9(15)5(12)3-13-8(14)6-2-4(10)7(11)17-6/h2,5H,3H2,1H3,(H,13,14). The first-order valence-electron chi connectivity index (χ1n) is 4.40. The SMILES string of the molecule is COC(=O)C(Cl)CNC(=O)c1cc(Br)c(Br)s1. The topological polar surface area (TPSA) is 55.4 Å². The zero-order valence-electron chi connectivity index (χ0n) is 8.63. The van der Waals surface area contributed by atoms with Crippen LogP contribution in [0, 0.1) is 0 Å². The van der Waals surface area contributed by atoms with E-state index in [0.717, 1.165) is 8.26 Å². The molecule has 0 aliphatic rings. The van der Waals surface area contributed by atoms with E-state index in [1.165, 1.54) is 18.4 Å². The summed E-state index contributed by atoms with van der Waals surface area (Å²) in [6, 6.07) is 1.69. The molecule has 0 saturated heterocycles. The van der Waals surface area contributed by atoms with Crippen molar-refractivity contribution in [3.8, 4) is 0 Å². The highest BCUT2D eigenvalue weighted by atomic mass is 79.9. The molecule has 0 aliphatic carbocycles. The van der Waals surface area contributed by atoms with Crippen LogP contribution in [0.3, 0.4) is 0 Å². The second-order valence-corrected chi connectivity index (χ2v) is 6.68. The van der Waals surface area contributed by atoms with E-state index < -0.39 is 11.3 Å². The molecule has 0 bridgehead atoms. The minimum absolute atomic E-state index is 0.0280. The van der Waals surface area contributed by atoms with Gasteiger partial charge in [0.05, 0.1) is 15.8 Å². The number of ether oxygens (including phenoxy) is 1. The van der Waals surface area contributed by atoms with Crippen LogP contribution < -0.4 is 5.32 Å². The minimum Gasteiger partial charge on any atom is -0.468 e. The van der Waals surface area contributed by atoms with E-state index in [0.29, 0.717) is 4.88 Å². The van der Waals surface area contributed by atoms with Crippen molar-refractivity contribution in [1.29, 1.82) is 0 Å². The van der Waals surface area contributed by atoms with Gasteiger partial charge in [-0.25, -0.2) is 0 Å². The van der Waals surface area contributed by atoms with Crippen LogP contribution in [-0.2, 0) is 9.53 Å². The first-order chi connectivity index (χ1) is 7.95. The summed E-state index contributed by atoms with van der Waals surface area (Å²) in [7, 11) is 1.24. The number of alkyl halides is 1. The molecule has 1 atom stereocenters. The highest BCUT2D eigenvalue weighted by molar-refractivity contribution is 9.13. The zero-order chi connectivity index (χ0) is 13.0. The van der Waals surface area contributed by atoms with E-state index in [4.69, 9.17) is 11.6 Å². The van der Waals surface area contributed by atoms with Crippen LogP contribution in [0.4, 0.5) is 0 Å². The average Bonchev–Trinajstić information content (AvgIpc) is 2.65. The molecule has 0 fully saturated rings. The van der Waals surface area contributed by atoms with Gasteiger partial charge in [0.25, 0.3) is 5.91 Å². The van der Waals surface area contributed by atoms with Gasteiger partial charge in [-0.05, 0) is 37.9 Å². The van der Waals surface area contributed by atoms with Crippen LogP contribution in [0.15, 0.2) is 14.3 Å². The van der Waals surface area contributed by atoms with Crippen LogP contribution in [-0.4, -0.2) is 30.9 Å². The molecular formula is C9H8Br2ClNO3S. The third-order valence-electron chi connectivity index (χ3n) is 1.77. The Bertz CT molecular complexity index is 418. The molecule has 0 radical (unpaired) electrons. The summed E-state index contributed by atoms with van der Waals surface area (Å²) >= 11 is 13.6. The Balaban J connectivity index is 2.53. The van der Waals surface area contributed by atoms with Crippen molar-refractivity contribution in [1.82, 2.24) is 5.32 Å². The number of halogens is 3. The van der Waals surface area contributed by atoms with Crippen molar-refractivity contribution in [3.05, 3.63) is 19.2 Å². The van der Waals surface area contributed by atoms with E-state index in [9.17, 15) is 9.59 Å². The smallest absolute Gasteiger partial charge is 0.325 e. The molecule has 0 saturated carbocycles. The summed E-state index contributed by atoms with van der Waals surface area (Å²) in [4.78, 5) is 23.2. The Kier molecular flexibility index (Phi) is 5.91. The Hall–Kier alpha value is -0.110. The number of thiophene rings is 1. The predicted molar refractivity (Wildman–Crippen MR) is 73.7 cm³/mol. The largest absolute Gasteiger partial charge is 0.468 e. The maximum absolute atomic E-state index is 11.7. The summed E-state index contributed by atoms with van der Waals surface area (Å²) in [5.74, 6) is -0.850. The van der Waals surface area contributed by atoms with E-state index in [1.54, 1.807) is 6.07 Å². The fourth-order valence-electron chi connectivity index (χ4n) is 0.939. The van der Waals surface area contributed by atoms with Crippen LogP contribution in [0.2, 0.25) is 0 Å². The molecule has 4 nitrogen and oxygen atoms in total. The fraction of sp³-hybridized carbons (Fsp3) is 0.333. The van der Waals surface area contributed by atoms with Gasteiger partial charge in [-0.1, -0.05) is 0 Å². The van der Waals surface area contributed by atoms with E-state index in [-0.39, 0.29) is 12.5 Å². The van der Waals surface area contributed by atoms with Crippen LogP contribution >= 0.6 is 54.8 Å². The molecule has 8 heteroatoms. The average molecular weight is 405 g/mol. The Morgan fingerprint density at radius 1 is 1.59 bits per heavy atom. The second-order valence-electron chi connectivity index (χ2n) is 2.93. The molecular weight excluding hydrogens is 397 g/mol. The van der Waals surface area contributed by atoms with E-state index in [1.807, 2.05) is 0 Å². The molecule has 1 rings (SSSR count). The van der Waals surface area contributed by atoms with Gasteiger partial charge in [-0.2, -0.15) is 0 Å². The lowest BCUT2D eigenvalue weighted by molar-refractivity contribution is -0.140. The maximum Gasteiger partial charge on any atom is 0.325 e. The van der Waals surface area contributed by atoms with Gasteiger partial charge in [0, 0.05) is 11.0 Å². The highest BCUT2D eigenvalue weighted by Crippen LogP contribution is 2.32. The lowest BCUT2D eigenvalue weighted by Gasteiger charge is -2.07. The Morgan fingerprint density at radius 2 is 2.24 bits per heavy atom.